The van der Waals surface area contributed by atoms with Gasteiger partial charge in [-0.25, -0.2) is 4.98 Å². The number of primary amides is 1. The highest BCUT2D eigenvalue weighted by Gasteiger charge is 2.28. The minimum atomic E-state index is -0.390. The number of furan rings is 1. The summed E-state index contributed by atoms with van der Waals surface area (Å²) >= 11 is 2.65. The summed E-state index contributed by atoms with van der Waals surface area (Å²) in [6, 6.07) is 10.3. The van der Waals surface area contributed by atoms with E-state index in [-0.39, 0.29) is 17.6 Å². The second-order valence-electron chi connectivity index (χ2n) is 7.17. The lowest BCUT2D eigenvalue weighted by atomic mass is 10.1. The molecule has 1 unspecified atom stereocenters. The molecule has 1 aliphatic rings. The van der Waals surface area contributed by atoms with E-state index in [2.05, 4.69) is 34.3 Å². The number of rotatable bonds is 7. The predicted molar refractivity (Wildman–Crippen MR) is 119 cm³/mol. The number of carbonyl (C=O) groups is 2. The summed E-state index contributed by atoms with van der Waals surface area (Å²) in [4.78, 5) is 30.5. The highest BCUT2D eigenvalue weighted by atomic mass is 32.2. The Kier molecular flexibility index (Phi) is 5.83. The number of anilines is 2. The van der Waals surface area contributed by atoms with Gasteiger partial charge in [0, 0.05) is 11.7 Å². The average molecular weight is 443 g/mol. The van der Waals surface area contributed by atoms with Crippen LogP contribution in [0.5, 0.6) is 0 Å². The van der Waals surface area contributed by atoms with Crippen LogP contribution >= 0.6 is 23.1 Å². The summed E-state index contributed by atoms with van der Waals surface area (Å²) in [5, 5.41) is 3.33. The molecule has 156 valence electrons. The normalized spacial score (nSPS) is 15.3. The Morgan fingerprint density at radius 2 is 2.17 bits per heavy atom. The summed E-state index contributed by atoms with van der Waals surface area (Å²) in [6.45, 7) is 4.53. The lowest BCUT2D eigenvalue weighted by molar-refractivity contribution is -0.115. The zero-order chi connectivity index (χ0) is 21.3. The fraction of sp³-hybridized carbons (Fsp3) is 0.286. The van der Waals surface area contributed by atoms with E-state index in [1.54, 1.807) is 6.07 Å². The number of aromatic nitrogens is 1. The maximum absolute atomic E-state index is 12.9. The van der Waals surface area contributed by atoms with Crippen molar-refractivity contribution in [3.8, 4) is 0 Å². The number of thioether (sulfide) groups is 1. The Bertz CT molecular complexity index is 1090. The monoisotopic (exact) mass is 442 g/mol. The highest BCUT2D eigenvalue weighted by molar-refractivity contribution is 8.01. The van der Waals surface area contributed by atoms with E-state index in [4.69, 9.17) is 10.2 Å². The lowest BCUT2D eigenvalue weighted by Crippen LogP contribution is -2.29. The standard InChI is InChI=1S/C21H22N4O3S2/c1-12-9-14-5-3-4-6-16(14)25(12)10-17-15(7-8-28-17)19(27)24-21-23-13(2)20(30-21)29-11-18(22)26/h3-8,12H,9-11H2,1-2H3,(H2,22,26)(H,23,24,27). The van der Waals surface area contributed by atoms with E-state index in [1.807, 2.05) is 19.1 Å². The molecule has 1 aromatic carbocycles. The number of para-hydroxylation sites is 1. The van der Waals surface area contributed by atoms with E-state index in [9.17, 15) is 9.59 Å². The van der Waals surface area contributed by atoms with Crippen LogP contribution < -0.4 is 16.0 Å². The van der Waals surface area contributed by atoms with Crippen LogP contribution in [0.4, 0.5) is 10.8 Å². The summed E-state index contributed by atoms with van der Waals surface area (Å²) < 4.78 is 6.53. The van der Waals surface area contributed by atoms with Crippen molar-refractivity contribution in [1.29, 1.82) is 0 Å². The summed E-state index contributed by atoms with van der Waals surface area (Å²) in [5.74, 6) is 0.142. The van der Waals surface area contributed by atoms with Crippen LogP contribution in [0.3, 0.4) is 0 Å². The first-order valence-corrected chi connectivity index (χ1v) is 11.3. The Labute approximate surface area is 182 Å². The van der Waals surface area contributed by atoms with Gasteiger partial charge in [-0.1, -0.05) is 29.5 Å². The van der Waals surface area contributed by atoms with Gasteiger partial charge < -0.3 is 15.1 Å². The third-order valence-corrected chi connectivity index (χ3v) is 7.43. The minimum absolute atomic E-state index is 0.178. The Hall–Kier alpha value is -2.78. The molecule has 7 nitrogen and oxygen atoms in total. The van der Waals surface area contributed by atoms with Gasteiger partial charge >= 0.3 is 0 Å². The Morgan fingerprint density at radius 3 is 2.97 bits per heavy atom. The topological polar surface area (TPSA) is 101 Å². The van der Waals surface area contributed by atoms with E-state index in [0.29, 0.717) is 29.0 Å². The lowest BCUT2D eigenvalue weighted by Gasteiger charge is -2.24. The predicted octanol–water partition coefficient (Wildman–Crippen LogP) is 3.83. The van der Waals surface area contributed by atoms with Crippen molar-refractivity contribution in [3.63, 3.8) is 0 Å². The average Bonchev–Trinajstić information content (AvgIpc) is 3.38. The molecule has 0 radical (unpaired) electrons. The SMILES string of the molecule is Cc1nc(NC(=O)c2ccoc2CN2c3ccccc3CC2C)sc1SCC(N)=O. The molecule has 30 heavy (non-hydrogen) atoms. The number of benzene rings is 1. The van der Waals surface area contributed by atoms with Crippen LogP contribution in [-0.2, 0) is 17.8 Å². The number of aryl methyl sites for hydroxylation is 1. The molecule has 0 saturated heterocycles. The minimum Gasteiger partial charge on any atom is -0.467 e. The molecule has 2 aromatic heterocycles. The van der Waals surface area contributed by atoms with Crippen molar-refractivity contribution < 1.29 is 14.0 Å². The van der Waals surface area contributed by atoms with Gasteiger partial charge in [-0.15, -0.1) is 11.8 Å². The third kappa shape index (κ3) is 4.22. The van der Waals surface area contributed by atoms with Gasteiger partial charge in [-0.2, -0.15) is 0 Å². The molecule has 0 fully saturated rings. The number of fused-ring (bicyclic) bond motifs is 1. The van der Waals surface area contributed by atoms with Crippen LogP contribution in [0.25, 0.3) is 0 Å². The second kappa shape index (κ2) is 8.53. The maximum Gasteiger partial charge on any atom is 0.261 e. The molecular weight excluding hydrogens is 420 g/mol. The van der Waals surface area contributed by atoms with E-state index < -0.39 is 0 Å². The van der Waals surface area contributed by atoms with E-state index >= 15 is 0 Å². The molecule has 4 rings (SSSR count). The van der Waals surface area contributed by atoms with E-state index in [1.165, 1.54) is 40.6 Å². The fourth-order valence-corrected chi connectivity index (χ4v) is 5.43. The number of nitrogens with zero attached hydrogens (tertiary/aromatic N) is 2. The smallest absolute Gasteiger partial charge is 0.261 e. The Morgan fingerprint density at radius 1 is 1.37 bits per heavy atom. The van der Waals surface area contributed by atoms with Crippen molar-refractivity contribution in [2.45, 2.75) is 37.1 Å². The molecule has 0 spiro atoms. The first-order chi connectivity index (χ1) is 14.4. The number of thiazole rings is 1. The summed E-state index contributed by atoms with van der Waals surface area (Å²) in [7, 11) is 0. The maximum atomic E-state index is 12.9. The zero-order valence-corrected chi connectivity index (χ0v) is 18.3. The fourth-order valence-electron chi connectivity index (χ4n) is 3.56. The quantitative estimate of drug-likeness (QED) is 0.539. The molecule has 1 aliphatic heterocycles. The second-order valence-corrected chi connectivity index (χ2v) is 9.41. The van der Waals surface area contributed by atoms with Crippen molar-refractivity contribution in [3.05, 3.63) is 59.2 Å². The molecule has 0 aliphatic carbocycles. The van der Waals surface area contributed by atoms with Crippen LogP contribution in [0.2, 0.25) is 0 Å². The van der Waals surface area contributed by atoms with Crippen LogP contribution in [0, 0.1) is 6.92 Å². The molecule has 1 atom stereocenters. The first-order valence-electron chi connectivity index (χ1n) is 9.53. The molecule has 9 heteroatoms. The van der Waals surface area contributed by atoms with Gasteiger partial charge in [-0.05, 0) is 38.0 Å². The number of carbonyl (C=O) groups excluding carboxylic acids is 2. The van der Waals surface area contributed by atoms with Crippen molar-refractivity contribution >= 4 is 45.7 Å². The first kappa shape index (κ1) is 20.5. The molecule has 0 bridgehead atoms. The molecule has 3 heterocycles. The molecule has 0 saturated carbocycles. The van der Waals surface area contributed by atoms with Gasteiger partial charge in [0.1, 0.15) is 5.76 Å². The van der Waals surface area contributed by atoms with Crippen molar-refractivity contribution in [2.75, 3.05) is 16.0 Å². The van der Waals surface area contributed by atoms with Gasteiger partial charge in [0.25, 0.3) is 5.91 Å². The molecule has 3 N–H and O–H groups in total. The van der Waals surface area contributed by atoms with Gasteiger partial charge in [0.15, 0.2) is 5.13 Å². The summed E-state index contributed by atoms with van der Waals surface area (Å²) in [6.07, 6.45) is 2.51. The molecule has 2 amide bonds. The number of hydrogen-bond acceptors (Lipinski definition) is 7. The van der Waals surface area contributed by atoms with Gasteiger partial charge in [0.05, 0.1) is 34.0 Å². The highest BCUT2D eigenvalue weighted by Crippen LogP contribution is 2.34. The number of nitrogens with two attached hydrogens (primary N) is 1. The van der Waals surface area contributed by atoms with E-state index in [0.717, 1.165) is 16.3 Å². The van der Waals surface area contributed by atoms with Crippen LogP contribution in [0.1, 0.15) is 34.3 Å². The van der Waals surface area contributed by atoms with Gasteiger partial charge in [0.2, 0.25) is 5.91 Å². The Balaban J connectivity index is 1.48. The molecule has 3 aromatic rings. The van der Waals surface area contributed by atoms with Crippen LogP contribution in [0.15, 0.2) is 45.2 Å². The van der Waals surface area contributed by atoms with Crippen molar-refractivity contribution in [2.24, 2.45) is 5.73 Å². The zero-order valence-electron chi connectivity index (χ0n) is 16.7. The molecular formula is C21H22N4O3S2. The van der Waals surface area contributed by atoms with Crippen LogP contribution in [-0.4, -0.2) is 28.6 Å². The number of hydrogen-bond donors (Lipinski definition) is 2. The van der Waals surface area contributed by atoms with Gasteiger partial charge in [-0.3, -0.25) is 14.9 Å². The number of nitrogens with one attached hydrogen (secondary N) is 1. The number of amides is 2. The third-order valence-electron chi connectivity index (χ3n) is 4.97. The summed E-state index contributed by atoms with van der Waals surface area (Å²) in [5.41, 5.74) is 8.94. The largest absolute Gasteiger partial charge is 0.467 e. The van der Waals surface area contributed by atoms with Crippen molar-refractivity contribution in [1.82, 2.24) is 4.98 Å².